The molecule has 1 saturated carbocycles. The average Bonchev–Trinajstić information content (AvgIpc) is 3.11. The van der Waals surface area contributed by atoms with Gasteiger partial charge in [-0.2, -0.15) is 0 Å². The first-order chi connectivity index (χ1) is 12.1. The van der Waals surface area contributed by atoms with E-state index in [1.807, 2.05) is 12.1 Å². The Bertz CT molecular complexity index is 564. The van der Waals surface area contributed by atoms with Gasteiger partial charge in [-0.05, 0) is 30.5 Å². The molecule has 2 aliphatic rings. The Morgan fingerprint density at radius 2 is 1.92 bits per heavy atom. The highest BCUT2D eigenvalue weighted by Crippen LogP contribution is 2.28. The fourth-order valence-electron chi connectivity index (χ4n) is 3.77. The highest BCUT2D eigenvalue weighted by molar-refractivity contribution is 5.86. The van der Waals surface area contributed by atoms with Gasteiger partial charge in [0.25, 0.3) is 0 Å². The second-order valence-electron chi connectivity index (χ2n) is 7.01. The summed E-state index contributed by atoms with van der Waals surface area (Å²) in [5, 5.41) is 3.11. The Balaban J connectivity index is 1.70. The van der Waals surface area contributed by atoms with Crippen LogP contribution in [0.15, 0.2) is 24.3 Å². The number of morpholine rings is 1. The van der Waals surface area contributed by atoms with Crippen LogP contribution in [-0.2, 0) is 9.53 Å². The lowest BCUT2D eigenvalue weighted by Gasteiger charge is -2.35. The minimum atomic E-state index is -0.685. The standard InChI is InChI=1S/C19H29N3O3/c1-24-16-6-4-15(5-7-16)17(22-10-12-25-13-11-22)14-21-18(23)19(20)8-2-3-9-19/h4-7,17H,2-3,8-14,20H2,1H3,(H,21,23). The van der Waals surface area contributed by atoms with Crippen molar-refractivity contribution in [2.24, 2.45) is 5.73 Å². The maximum atomic E-state index is 12.6. The molecule has 1 heterocycles. The minimum Gasteiger partial charge on any atom is -0.497 e. The van der Waals surface area contributed by atoms with E-state index in [0.717, 1.165) is 57.7 Å². The third-order valence-corrected chi connectivity index (χ3v) is 5.39. The number of hydrogen-bond donors (Lipinski definition) is 2. The van der Waals surface area contributed by atoms with E-state index >= 15 is 0 Å². The van der Waals surface area contributed by atoms with Gasteiger partial charge in [0.2, 0.25) is 5.91 Å². The summed E-state index contributed by atoms with van der Waals surface area (Å²) in [4.78, 5) is 15.0. The third kappa shape index (κ3) is 4.32. The SMILES string of the molecule is COc1ccc(C(CNC(=O)C2(N)CCCC2)N2CCOCC2)cc1. The smallest absolute Gasteiger partial charge is 0.240 e. The second-order valence-corrected chi connectivity index (χ2v) is 7.01. The van der Waals surface area contributed by atoms with Gasteiger partial charge in [-0.25, -0.2) is 0 Å². The number of ether oxygens (including phenoxy) is 2. The number of carbonyl (C=O) groups excluding carboxylic acids is 1. The van der Waals surface area contributed by atoms with Gasteiger partial charge >= 0.3 is 0 Å². The van der Waals surface area contributed by atoms with E-state index in [4.69, 9.17) is 15.2 Å². The van der Waals surface area contributed by atoms with Crippen molar-refractivity contribution in [3.05, 3.63) is 29.8 Å². The van der Waals surface area contributed by atoms with E-state index in [1.54, 1.807) is 7.11 Å². The zero-order valence-electron chi connectivity index (χ0n) is 15.0. The maximum absolute atomic E-state index is 12.6. The number of nitrogens with one attached hydrogen (secondary N) is 1. The van der Waals surface area contributed by atoms with E-state index in [9.17, 15) is 4.79 Å². The molecule has 1 aromatic rings. The quantitative estimate of drug-likeness (QED) is 0.815. The van der Waals surface area contributed by atoms with Crippen molar-refractivity contribution in [1.29, 1.82) is 0 Å². The number of methoxy groups -OCH3 is 1. The molecule has 25 heavy (non-hydrogen) atoms. The molecule has 6 nitrogen and oxygen atoms in total. The summed E-state index contributed by atoms with van der Waals surface area (Å²) in [6.45, 7) is 3.73. The monoisotopic (exact) mass is 347 g/mol. The Hall–Kier alpha value is -1.63. The number of nitrogens with zero attached hydrogens (tertiary/aromatic N) is 1. The fourth-order valence-corrected chi connectivity index (χ4v) is 3.77. The van der Waals surface area contributed by atoms with E-state index in [-0.39, 0.29) is 11.9 Å². The van der Waals surface area contributed by atoms with Crippen LogP contribution in [0.3, 0.4) is 0 Å². The second kappa shape index (κ2) is 8.17. The van der Waals surface area contributed by atoms with E-state index in [0.29, 0.717) is 6.54 Å². The molecule has 1 amide bonds. The van der Waals surface area contributed by atoms with Gasteiger partial charge in [0.1, 0.15) is 5.75 Å². The Morgan fingerprint density at radius 1 is 1.28 bits per heavy atom. The molecule has 0 aromatic heterocycles. The molecule has 0 bridgehead atoms. The van der Waals surface area contributed by atoms with E-state index < -0.39 is 5.54 Å². The van der Waals surface area contributed by atoms with E-state index in [1.165, 1.54) is 5.56 Å². The summed E-state index contributed by atoms with van der Waals surface area (Å²) in [5.41, 5.74) is 6.76. The van der Waals surface area contributed by atoms with Crippen LogP contribution in [0.4, 0.5) is 0 Å². The first kappa shape index (κ1) is 18.2. The predicted octanol–water partition coefficient (Wildman–Crippen LogP) is 1.46. The Kier molecular flexibility index (Phi) is 5.93. The normalized spacial score (nSPS) is 21.7. The number of rotatable bonds is 6. The first-order valence-electron chi connectivity index (χ1n) is 9.15. The molecule has 2 fully saturated rings. The number of hydrogen-bond acceptors (Lipinski definition) is 5. The molecular formula is C19H29N3O3. The lowest BCUT2D eigenvalue weighted by Crippen LogP contribution is -2.54. The van der Waals surface area contributed by atoms with Gasteiger partial charge in [-0.1, -0.05) is 25.0 Å². The Morgan fingerprint density at radius 3 is 2.52 bits per heavy atom. The molecule has 6 heteroatoms. The van der Waals surface area contributed by atoms with Crippen molar-refractivity contribution in [3.63, 3.8) is 0 Å². The Labute approximate surface area is 149 Å². The van der Waals surface area contributed by atoms with Crippen LogP contribution < -0.4 is 15.8 Å². The van der Waals surface area contributed by atoms with Crippen LogP contribution >= 0.6 is 0 Å². The number of nitrogens with two attached hydrogens (primary N) is 1. The fraction of sp³-hybridized carbons (Fsp3) is 0.632. The van der Waals surface area contributed by atoms with Crippen molar-refractivity contribution >= 4 is 5.91 Å². The molecule has 3 N–H and O–H groups in total. The molecule has 0 spiro atoms. The summed E-state index contributed by atoms with van der Waals surface area (Å²) < 4.78 is 10.7. The molecule has 1 atom stereocenters. The maximum Gasteiger partial charge on any atom is 0.240 e. The third-order valence-electron chi connectivity index (χ3n) is 5.39. The van der Waals surface area contributed by atoms with Crippen LogP contribution in [0.5, 0.6) is 5.75 Å². The summed E-state index contributed by atoms with van der Waals surface area (Å²) in [6.07, 6.45) is 3.64. The van der Waals surface area contributed by atoms with Crippen LogP contribution in [-0.4, -0.2) is 56.3 Å². The molecule has 138 valence electrons. The largest absolute Gasteiger partial charge is 0.497 e. The van der Waals surface area contributed by atoms with Crippen LogP contribution in [0.25, 0.3) is 0 Å². The topological polar surface area (TPSA) is 76.8 Å². The molecule has 1 unspecified atom stereocenters. The zero-order valence-corrected chi connectivity index (χ0v) is 15.0. The molecule has 1 aromatic carbocycles. The predicted molar refractivity (Wildman–Crippen MR) is 96.5 cm³/mol. The van der Waals surface area contributed by atoms with Gasteiger partial charge in [0.05, 0.1) is 31.9 Å². The van der Waals surface area contributed by atoms with Crippen molar-refractivity contribution in [1.82, 2.24) is 10.2 Å². The minimum absolute atomic E-state index is 0.0169. The van der Waals surface area contributed by atoms with Gasteiger partial charge in [-0.3, -0.25) is 9.69 Å². The van der Waals surface area contributed by atoms with Gasteiger partial charge in [0.15, 0.2) is 0 Å². The molecule has 1 saturated heterocycles. The summed E-state index contributed by atoms with van der Waals surface area (Å²) in [5.74, 6) is 0.817. The lowest BCUT2D eigenvalue weighted by atomic mass is 9.97. The molecular weight excluding hydrogens is 318 g/mol. The molecule has 3 rings (SSSR count). The number of amides is 1. The number of benzene rings is 1. The van der Waals surface area contributed by atoms with Crippen molar-refractivity contribution < 1.29 is 14.3 Å². The first-order valence-corrected chi connectivity index (χ1v) is 9.15. The molecule has 0 radical (unpaired) electrons. The summed E-state index contributed by atoms with van der Waals surface area (Å²) >= 11 is 0. The van der Waals surface area contributed by atoms with Crippen LogP contribution in [0.2, 0.25) is 0 Å². The highest BCUT2D eigenvalue weighted by atomic mass is 16.5. The number of carbonyl (C=O) groups is 1. The van der Waals surface area contributed by atoms with Gasteiger partial charge in [-0.15, -0.1) is 0 Å². The summed E-state index contributed by atoms with van der Waals surface area (Å²) in [6, 6.07) is 8.18. The molecule has 1 aliphatic heterocycles. The zero-order chi connectivity index (χ0) is 17.7. The van der Waals surface area contributed by atoms with Crippen LogP contribution in [0.1, 0.15) is 37.3 Å². The van der Waals surface area contributed by atoms with Gasteiger partial charge in [0, 0.05) is 19.6 Å². The van der Waals surface area contributed by atoms with Crippen molar-refractivity contribution in [2.45, 2.75) is 37.3 Å². The van der Waals surface area contributed by atoms with Gasteiger partial charge < -0.3 is 20.5 Å². The van der Waals surface area contributed by atoms with Crippen molar-refractivity contribution in [2.75, 3.05) is 40.0 Å². The average molecular weight is 347 g/mol. The summed E-state index contributed by atoms with van der Waals surface area (Å²) in [7, 11) is 1.66. The van der Waals surface area contributed by atoms with E-state index in [2.05, 4.69) is 22.3 Å². The highest BCUT2D eigenvalue weighted by Gasteiger charge is 2.37. The van der Waals surface area contributed by atoms with Crippen LogP contribution in [0, 0.1) is 0 Å². The molecule has 1 aliphatic carbocycles. The van der Waals surface area contributed by atoms with Crippen molar-refractivity contribution in [3.8, 4) is 5.75 Å². The lowest BCUT2D eigenvalue weighted by molar-refractivity contribution is -0.126.